The van der Waals surface area contributed by atoms with Gasteiger partial charge in [0.1, 0.15) is 5.82 Å². The van der Waals surface area contributed by atoms with Crippen LogP contribution in [0.1, 0.15) is 31.2 Å². The van der Waals surface area contributed by atoms with Gasteiger partial charge in [-0.1, -0.05) is 24.3 Å². The van der Waals surface area contributed by atoms with Gasteiger partial charge in [-0.25, -0.2) is 4.39 Å². The smallest absolute Gasteiger partial charge is 0.123 e. The highest BCUT2D eigenvalue weighted by molar-refractivity contribution is 5.27. The molecule has 0 spiro atoms. The summed E-state index contributed by atoms with van der Waals surface area (Å²) in [7, 11) is 4.16. The minimum absolute atomic E-state index is 0.0245. The summed E-state index contributed by atoms with van der Waals surface area (Å²) < 4.78 is 13.4. The summed E-state index contributed by atoms with van der Waals surface area (Å²) in [4.78, 5) is 2.23. The highest BCUT2D eigenvalue weighted by Crippen LogP contribution is 2.42. The monoisotopic (exact) mass is 233 g/mol. The Bertz CT molecular complexity index is 413. The van der Waals surface area contributed by atoms with Gasteiger partial charge in [0.2, 0.25) is 0 Å². The molecular formula is C15H20FN. The molecule has 2 heteroatoms. The predicted octanol–water partition coefficient (Wildman–Crippen LogP) is 3.71. The van der Waals surface area contributed by atoms with Gasteiger partial charge in [0, 0.05) is 5.54 Å². The molecule has 0 saturated heterocycles. The molecule has 1 aliphatic carbocycles. The average molecular weight is 233 g/mol. The largest absolute Gasteiger partial charge is 0.300 e. The Labute approximate surface area is 103 Å². The molecule has 0 unspecified atom stereocenters. The molecule has 0 bridgehead atoms. The number of allylic oxidation sites excluding steroid dienone is 1. The van der Waals surface area contributed by atoms with E-state index >= 15 is 0 Å². The van der Waals surface area contributed by atoms with Crippen molar-refractivity contribution in [2.45, 2.75) is 31.2 Å². The van der Waals surface area contributed by atoms with E-state index < -0.39 is 0 Å². The van der Waals surface area contributed by atoms with Crippen molar-refractivity contribution in [2.24, 2.45) is 0 Å². The van der Waals surface area contributed by atoms with Gasteiger partial charge in [0.05, 0.1) is 0 Å². The van der Waals surface area contributed by atoms with Crippen molar-refractivity contribution < 1.29 is 4.39 Å². The van der Waals surface area contributed by atoms with Crippen LogP contribution in [0.25, 0.3) is 0 Å². The highest BCUT2D eigenvalue weighted by atomic mass is 19.1. The summed E-state index contributed by atoms with van der Waals surface area (Å²) in [5.74, 6) is -0.145. The van der Waals surface area contributed by atoms with E-state index in [1.807, 2.05) is 6.07 Å². The van der Waals surface area contributed by atoms with Gasteiger partial charge in [-0.3, -0.25) is 4.90 Å². The van der Waals surface area contributed by atoms with E-state index in [1.54, 1.807) is 12.1 Å². The third-order valence-electron chi connectivity index (χ3n) is 4.00. The predicted molar refractivity (Wildman–Crippen MR) is 69.4 cm³/mol. The van der Waals surface area contributed by atoms with Crippen molar-refractivity contribution in [3.63, 3.8) is 0 Å². The summed E-state index contributed by atoms with van der Waals surface area (Å²) >= 11 is 0. The molecule has 92 valence electrons. The molecule has 0 amide bonds. The van der Waals surface area contributed by atoms with Gasteiger partial charge < -0.3 is 0 Å². The molecule has 1 nitrogen and oxygen atoms in total. The molecule has 1 aromatic carbocycles. The molecule has 0 heterocycles. The first-order valence-electron chi connectivity index (χ1n) is 6.15. The average Bonchev–Trinajstić information content (AvgIpc) is 2.30. The van der Waals surface area contributed by atoms with Crippen LogP contribution in [-0.4, -0.2) is 19.0 Å². The molecule has 1 saturated carbocycles. The van der Waals surface area contributed by atoms with E-state index in [2.05, 4.69) is 25.6 Å². The zero-order chi connectivity index (χ0) is 12.5. The van der Waals surface area contributed by atoms with E-state index in [-0.39, 0.29) is 11.4 Å². The van der Waals surface area contributed by atoms with Gasteiger partial charge in [0.25, 0.3) is 0 Å². The number of rotatable bonds is 2. The van der Waals surface area contributed by atoms with Crippen molar-refractivity contribution in [3.8, 4) is 0 Å². The zero-order valence-corrected chi connectivity index (χ0v) is 10.7. The SMILES string of the molecule is C=C1CCC(c2cccc(F)c2)(N(C)C)CC1. The van der Waals surface area contributed by atoms with Crippen LogP contribution in [0.5, 0.6) is 0 Å². The van der Waals surface area contributed by atoms with Crippen molar-refractivity contribution >= 4 is 0 Å². The van der Waals surface area contributed by atoms with E-state index in [9.17, 15) is 4.39 Å². The standard InChI is InChI=1S/C15H20FN/c1-12-7-9-15(10-8-12,17(2)3)13-5-4-6-14(16)11-13/h4-6,11H,1,7-10H2,2-3H3. The molecule has 0 radical (unpaired) electrons. The fourth-order valence-electron chi connectivity index (χ4n) is 2.79. The number of hydrogen-bond donors (Lipinski definition) is 0. The number of hydrogen-bond acceptors (Lipinski definition) is 1. The fraction of sp³-hybridized carbons (Fsp3) is 0.467. The molecule has 1 aromatic rings. The third kappa shape index (κ3) is 2.27. The van der Waals surface area contributed by atoms with Gasteiger partial charge >= 0.3 is 0 Å². The Morgan fingerprint density at radius 1 is 1.24 bits per heavy atom. The van der Waals surface area contributed by atoms with Crippen molar-refractivity contribution in [2.75, 3.05) is 14.1 Å². The lowest BCUT2D eigenvalue weighted by Gasteiger charge is -2.44. The van der Waals surface area contributed by atoms with E-state index in [0.717, 1.165) is 31.2 Å². The van der Waals surface area contributed by atoms with E-state index in [4.69, 9.17) is 0 Å². The topological polar surface area (TPSA) is 3.24 Å². The lowest BCUT2D eigenvalue weighted by Crippen LogP contribution is -2.43. The van der Waals surface area contributed by atoms with Crippen LogP contribution in [0.2, 0.25) is 0 Å². The second-order valence-corrected chi connectivity index (χ2v) is 5.19. The Morgan fingerprint density at radius 2 is 1.88 bits per heavy atom. The van der Waals surface area contributed by atoms with Gasteiger partial charge in [-0.05, 0) is 57.5 Å². The molecule has 17 heavy (non-hydrogen) atoms. The maximum atomic E-state index is 13.4. The maximum Gasteiger partial charge on any atom is 0.123 e. The first kappa shape index (κ1) is 12.3. The zero-order valence-electron chi connectivity index (χ0n) is 10.7. The van der Waals surface area contributed by atoms with Crippen molar-refractivity contribution in [1.82, 2.24) is 4.90 Å². The normalized spacial score (nSPS) is 19.6. The molecule has 0 N–H and O–H groups in total. The van der Waals surface area contributed by atoms with Gasteiger partial charge in [0.15, 0.2) is 0 Å². The molecule has 1 aliphatic rings. The minimum atomic E-state index is -0.145. The number of nitrogens with zero attached hydrogens (tertiary/aromatic N) is 1. The third-order valence-corrected chi connectivity index (χ3v) is 4.00. The second-order valence-electron chi connectivity index (χ2n) is 5.19. The maximum absolute atomic E-state index is 13.4. The van der Waals surface area contributed by atoms with Crippen LogP contribution in [0, 0.1) is 5.82 Å². The lowest BCUT2D eigenvalue weighted by molar-refractivity contribution is 0.113. The first-order chi connectivity index (χ1) is 8.04. The van der Waals surface area contributed by atoms with Crippen LogP contribution in [0.4, 0.5) is 4.39 Å². The van der Waals surface area contributed by atoms with Crippen LogP contribution < -0.4 is 0 Å². The minimum Gasteiger partial charge on any atom is -0.300 e. The Morgan fingerprint density at radius 3 is 2.41 bits per heavy atom. The summed E-state index contributed by atoms with van der Waals surface area (Å²) in [5.41, 5.74) is 2.39. The summed E-state index contributed by atoms with van der Waals surface area (Å²) in [6, 6.07) is 7.03. The summed E-state index contributed by atoms with van der Waals surface area (Å²) in [6.07, 6.45) is 4.13. The lowest BCUT2D eigenvalue weighted by atomic mass is 9.74. The Kier molecular flexibility index (Phi) is 3.34. The van der Waals surface area contributed by atoms with Crippen molar-refractivity contribution in [1.29, 1.82) is 0 Å². The molecule has 0 atom stereocenters. The van der Waals surface area contributed by atoms with E-state index in [0.29, 0.717) is 0 Å². The van der Waals surface area contributed by atoms with E-state index in [1.165, 1.54) is 11.6 Å². The first-order valence-corrected chi connectivity index (χ1v) is 6.15. The fourth-order valence-corrected chi connectivity index (χ4v) is 2.79. The number of benzene rings is 1. The molecular weight excluding hydrogens is 213 g/mol. The second kappa shape index (κ2) is 4.61. The summed E-state index contributed by atoms with van der Waals surface area (Å²) in [6.45, 7) is 4.06. The van der Waals surface area contributed by atoms with Crippen LogP contribution in [-0.2, 0) is 5.54 Å². The van der Waals surface area contributed by atoms with Crippen LogP contribution in [0.3, 0.4) is 0 Å². The van der Waals surface area contributed by atoms with Crippen LogP contribution >= 0.6 is 0 Å². The quantitative estimate of drug-likeness (QED) is 0.704. The molecule has 0 aromatic heterocycles. The van der Waals surface area contributed by atoms with Gasteiger partial charge in [-0.2, -0.15) is 0 Å². The van der Waals surface area contributed by atoms with Gasteiger partial charge in [-0.15, -0.1) is 0 Å². The molecule has 2 rings (SSSR count). The van der Waals surface area contributed by atoms with Crippen LogP contribution in [0.15, 0.2) is 36.4 Å². The number of halogens is 1. The van der Waals surface area contributed by atoms with Crippen molar-refractivity contribution in [3.05, 3.63) is 47.8 Å². The summed E-state index contributed by atoms with van der Waals surface area (Å²) in [5, 5.41) is 0. The molecule has 1 fully saturated rings. The highest BCUT2D eigenvalue weighted by Gasteiger charge is 2.36. The Hall–Kier alpha value is -1.15. The Balaban J connectivity index is 2.38. The molecule has 0 aliphatic heterocycles.